The van der Waals surface area contributed by atoms with Crippen molar-refractivity contribution in [1.29, 1.82) is 0 Å². The second-order valence-electron chi connectivity index (χ2n) is 5.19. The summed E-state index contributed by atoms with van der Waals surface area (Å²) in [5.41, 5.74) is 1.08. The van der Waals surface area contributed by atoms with Crippen LogP contribution in [-0.4, -0.2) is 26.7 Å². The molecule has 24 heavy (non-hydrogen) atoms. The summed E-state index contributed by atoms with van der Waals surface area (Å²) in [4.78, 5) is 4.20. The SMILES string of the molecule is CCCOc1ccc(CNC(=NC)NCc2ccco2)cc1OC. The van der Waals surface area contributed by atoms with Crippen molar-refractivity contribution in [2.24, 2.45) is 4.99 Å². The molecular weight excluding hydrogens is 306 g/mol. The summed E-state index contributed by atoms with van der Waals surface area (Å²) in [5.74, 6) is 3.07. The van der Waals surface area contributed by atoms with Gasteiger partial charge in [0.2, 0.25) is 0 Å². The van der Waals surface area contributed by atoms with E-state index in [1.807, 2.05) is 30.3 Å². The van der Waals surface area contributed by atoms with Gasteiger partial charge in [-0.2, -0.15) is 0 Å². The van der Waals surface area contributed by atoms with Crippen LogP contribution in [0, 0.1) is 0 Å². The molecule has 0 aliphatic carbocycles. The van der Waals surface area contributed by atoms with Crippen molar-refractivity contribution in [1.82, 2.24) is 10.6 Å². The number of benzene rings is 1. The van der Waals surface area contributed by atoms with Gasteiger partial charge in [-0.15, -0.1) is 0 Å². The molecule has 1 aromatic carbocycles. The van der Waals surface area contributed by atoms with Crippen molar-refractivity contribution in [3.8, 4) is 11.5 Å². The van der Waals surface area contributed by atoms with Crippen LogP contribution in [0.5, 0.6) is 11.5 Å². The molecule has 1 heterocycles. The van der Waals surface area contributed by atoms with Crippen LogP contribution in [0.3, 0.4) is 0 Å². The van der Waals surface area contributed by atoms with Gasteiger partial charge in [0.25, 0.3) is 0 Å². The van der Waals surface area contributed by atoms with Gasteiger partial charge >= 0.3 is 0 Å². The molecule has 2 rings (SSSR count). The summed E-state index contributed by atoms with van der Waals surface area (Å²) >= 11 is 0. The van der Waals surface area contributed by atoms with Gasteiger partial charge in [-0.3, -0.25) is 4.99 Å². The van der Waals surface area contributed by atoms with Crippen molar-refractivity contribution >= 4 is 5.96 Å². The maximum Gasteiger partial charge on any atom is 0.191 e. The number of hydrogen-bond acceptors (Lipinski definition) is 4. The number of guanidine groups is 1. The van der Waals surface area contributed by atoms with Gasteiger partial charge in [0.15, 0.2) is 17.5 Å². The van der Waals surface area contributed by atoms with E-state index in [4.69, 9.17) is 13.9 Å². The van der Waals surface area contributed by atoms with Gasteiger partial charge in [0, 0.05) is 13.6 Å². The van der Waals surface area contributed by atoms with Crippen LogP contribution in [0.4, 0.5) is 0 Å². The lowest BCUT2D eigenvalue weighted by Crippen LogP contribution is -2.36. The summed E-state index contributed by atoms with van der Waals surface area (Å²) in [7, 11) is 3.38. The molecule has 0 atom stereocenters. The number of aliphatic imine (C=N–C) groups is 1. The lowest BCUT2D eigenvalue weighted by molar-refractivity contribution is 0.294. The Hall–Kier alpha value is -2.63. The first-order valence-electron chi connectivity index (χ1n) is 8.03. The second kappa shape index (κ2) is 9.50. The van der Waals surface area contributed by atoms with Gasteiger partial charge in [-0.1, -0.05) is 13.0 Å². The van der Waals surface area contributed by atoms with E-state index >= 15 is 0 Å². The molecule has 0 saturated carbocycles. The van der Waals surface area contributed by atoms with Crippen LogP contribution < -0.4 is 20.1 Å². The summed E-state index contributed by atoms with van der Waals surface area (Å²) in [5, 5.41) is 6.46. The van der Waals surface area contributed by atoms with Crippen LogP contribution in [-0.2, 0) is 13.1 Å². The van der Waals surface area contributed by atoms with E-state index < -0.39 is 0 Å². The number of furan rings is 1. The standard InChI is InChI=1S/C18H25N3O3/c1-4-9-24-16-8-7-14(11-17(16)22-3)12-20-18(19-2)21-13-15-6-5-10-23-15/h5-8,10-11H,4,9,12-13H2,1-3H3,(H2,19,20,21). The normalized spacial score (nSPS) is 11.2. The lowest BCUT2D eigenvalue weighted by atomic mass is 10.2. The van der Waals surface area contributed by atoms with Gasteiger partial charge < -0.3 is 24.5 Å². The fourth-order valence-corrected chi connectivity index (χ4v) is 2.14. The van der Waals surface area contributed by atoms with Crippen molar-refractivity contribution in [2.45, 2.75) is 26.4 Å². The molecule has 1 aromatic heterocycles. The third kappa shape index (κ3) is 5.22. The molecular formula is C18H25N3O3. The molecule has 6 nitrogen and oxygen atoms in total. The van der Waals surface area contributed by atoms with Crippen molar-refractivity contribution in [3.63, 3.8) is 0 Å². The largest absolute Gasteiger partial charge is 0.493 e. The van der Waals surface area contributed by atoms with Crippen LogP contribution >= 0.6 is 0 Å². The lowest BCUT2D eigenvalue weighted by Gasteiger charge is -2.14. The van der Waals surface area contributed by atoms with E-state index in [0.29, 0.717) is 25.7 Å². The maximum absolute atomic E-state index is 5.67. The average Bonchev–Trinajstić information content (AvgIpc) is 3.14. The molecule has 0 saturated heterocycles. The molecule has 0 aliphatic rings. The van der Waals surface area contributed by atoms with E-state index in [-0.39, 0.29) is 0 Å². The van der Waals surface area contributed by atoms with Crippen molar-refractivity contribution < 1.29 is 13.9 Å². The predicted octanol–water partition coefficient (Wildman–Crippen LogP) is 2.94. The van der Waals surface area contributed by atoms with E-state index in [2.05, 4.69) is 22.5 Å². The number of nitrogens with zero attached hydrogens (tertiary/aromatic N) is 1. The highest BCUT2D eigenvalue weighted by Gasteiger charge is 2.06. The Kier molecular flexibility index (Phi) is 7.01. The number of hydrogen-bond donors (Lipinski definition) is 2. The fraction of sp³-hybridized carbons (Fsp3) is 0.389. The second-order valence-corrected chi connectivity index (χ2v) is 5.19. The molecule has 2 aromatic rings. The van der Waals surface area contributed by atoms with Crippen molar-refractivity contribution in [3.05, 3.63) is 47.9 Å². The van der Waals surface area contributed by atoms with E-state index in [1.165, 1.54) is 0 Å². The molecule has 0 fully saturated rings. The number of ether oxygens (including phenoxy) is 2. The zero-order chi connectivity index (χ0) is 17.2. The molecule has 2 N–H and O–H groups in total. The third-order valence-electron chi connectivity index (χ3n) is 3.38. The zero-order valence-electron chi connectivity index (χ0n) is 14.5. The maximum atomic E-state index is 5.67. The molecule has 6 heteroatoms. The summed E-state index contributed by atoms with van der Waals surface area (Å²) in [6, 6.07) is 9.70. The van der Waals surface area contributed by atoms with Crippen LogP contribution in [0.15, 0.2) is 46.0 Å². The Morgan fingerprint density at radius 3 is 2.67 bits per heavy atom. The molecule has 0 amide bonds. The van der Waals surface area contributed by atoms with E-state index in [1.54, 1.807) is 20.4 Å². The highest BCUT2D eigenvalue weighted by molar-refractivity contribution is 5.79. The minimum Gasteiger partial charge on any atom is -0.493 e. The van der Waals surface area contributed by atoms with E-state index in [9.17, 15) is 0 Å². The van der Waals surface area contributed by atoms with Crippen LogP contribution in [0.25, 0.3) is 0 Å². The Morgan fingerprint density at radius 1 is 1.17 bits per heavy atom. The highest BCUT2D eigenvalue weighted by atomic mass is 16.5. The summed E-state index contributed by atoms with van der Waals surface area (Å²) in [6.07, 6.45) is 2.62. The summed E-state index contributed by atoms with van der Waals surface area (Å²) in [6.45, 7) is 3.96. The number of nitrogens with one attached hydrogen (secondary N) is 2. The van der Waals surface area contributed by atoms with Crippen LogP contribution in [0.1, 0.15) is 24.7 Å². The first-order chi connectivity index (χ1) is 11.8. The number of rotatable bonds is 8. The molecule has 0 bridgehead atoms. The minimum absolute atomic E-state index is 0.583. The Balaban J connectivity index is 1.89. The number of methoxy groups -OCH3 is 1. The van der Waals surface area contributed by atoms with Gasteiger partial charge in [-0.05, 0) is 36.2 Å². The van der Waals surface area contributed by atoms with Gasteiger partial charge in [0.1, 0.15) is 5.76 Å². The first kappa shape index (κ1) is 17.7. The van der Waals surface area contributed by atoms with Gasteiger partial charge in [0.05, 0.1) is 26.5 Å². The Labute approximate surface area is 142 Å². The van der Waals surface area contributed by atoms with Crippen molar-refractivity contribution in [2.75, 3.05) is 20.8 Å². The Morgan fingerprint density at radius 2 is 2.00 bits per heavy atom. The molecule has 0 aliphatic heterocycles. The zero-order valence-corrected chi connectivity index (χ0v) is 14.5. The molecule has 130 valence electrons. The molecule has 0 spiro atoms. The smallest absolute Gasteiger partial charge is 0.191 e. The quantitative estimate of drug-likeness (QED) is 0.575. The predicted molar refractivity (Wildman–Crippen MR) is 94.5 cm³/mol. The van der Waals surface area contributed by atoms with E-state index in [0.717, 1.165) is 29.2 Å². The summed E-state index contributed by atoms with van der Waals surface area (Å²) < 4.78 is 16.4. The highest BCUT2D eigenvalue weighted by Crippen LogP contribution is 2.28. The molecule has 0 radical (unpaired) electrons. The average molecular weight is 331 g/mol. The Bertz CT molecular complexity index is 639. The monoisotopic (exact) mass is 331 g/mol. The first-order valence-corrected chi connectivity index (χ1v) is 8.03. The third-order valence-corrected chi connectivity index (χ3v) is 3.38. The minimum atomic E-state index is 0.583. The fourth-order valence-electron chi connectivity index (χ4n) is 2.14. The molecule has 0 unspecified atom stereocenters. The van der Waals surface area contributed by atoms with Gasteiger partial charge in [-0.25, -0.2) is 0 Å². The topological polar surface area (TPSA) is 68.0 Å². The van der Waals surface area contributed by atoms with Crippen LogP contribution in [0.2, 0.25) is 0 Å².